The summed E-state index contributed by atoms with van der Waals surface area (Å²) in [5.41, 5.74) is 0.496. The fraction of sp³-hybridized carbons (Fsp3) is 0.810. The highest BCUT2D eigenvalue weighted by Gasteiger charge is 2.08. The van der Waals surface area contributed by atoms with E-state index in [1.807, 2.05) is 0 Å². The minimum Gasteiger partial charge on any atom is -0.481 e. The molecule has 4 nitrogen and oxygen atoms in total. The number of carboxylic acid groups (broad SMARTS) is 1. The van der Waals surface area contributed by atoms with E-state index in [2.05, 4.69) is 32.1 Å². The van der Waals surface area contributed by atoms with E-state index in [0.717, 1.165) is 19.1 Å². The summed E-state index contributed by atoms with van der Waals surface area (Å²) in [5, 5.41) is 8.51. The molecule has 0 saturated carbocycles. The first-order valence-corrected chi connectivity index (χ1v) is 9.69. The predicted molar refractivity (Wildman–Crippen MR) is 104 cm³/mol. The van der Waals surface area contributed by atoms with Gasteiger partial charge in [0.1, 0.15) is 0 Å². The van der Waals surface area contributed by atoms with Crippen molar-refractivity contribution in [2.45, 2.75) is 105 Å². The lowest BCUT2D eigenvalue weighted by atomic mass is 9.89. The van der Waals surface area contributed by atoms with Crippen LogP contribution in [0.15, 0.2) is 12.8 Å². The number of hydrogen-bond donors (Lipinski definition) is 1. The molecule has 0 fully saturated rings. The smallest absolute Gasteiger partial charge is 0.307 e. The number of carboxylic acids is 1. The van der Waals surface area contributed by atoms with Gasteiger partial charge in [0, 0.05) is 13.3 Å². The number of rotatable bonds is 13. The summed E-state index contributed by atoms with van der Waals surface area (Å²) >= 11 is 0. The van der Waals surface area contributed by atoms with Crippen LogP contribution < -0.4 is 0 Å². The molecule has 4 heteroatoms. The van der Waals surface area contributed by atoms with E-state index >= 15 is 0 Å². The second-order valence-corrected chi connectivity index (χ2v) is 7.77. The molecule has 0 aliphatic heterocycles. The van der Waals surface area contributed by atoms with Gasteiger partial charge in [0.25, 0.3) is 0 Å². The molecule has 0 unspecified atom stereocenters. The van der Waals surface area contributed by atoms with E-state index < -0.39 is 5.97 Å². The highest BCUT2D eigenvalue weighted by molar-refractivity contribution is 5.66. The molecule has 148 valence electrons. The molecule has 0 rings (SSSR count). The molecule has 0 atom stereocenters. The number of carbonyl (C=O) groups is 2. The molecular weight excluding hydrogens is 316 g/mol. The minimum atomic E-state index is -0.657. The molecule has 0 aliphatic carbocycles. The van der Waals surface area contributed by atoms with Crippen LogP contribution in [0.5, 0.6) is 0 Å². The first-order chi connectivity index (χ1) is 11.7. The average molecular weight is 357 g/mol. The zero-order valence-electron chi connectivity index (χ0n) is 16.9. The lowest BCUT2D eigenvalue weighted by molar-refractivity contribution is -0.137. The van der Waals surface area contributed by atoms with Crippen molar-refractivity contribution in [1.82, 2.24) is 0 Å². The molecular formula is C21H40O4. The number of carbonyl (C=O) groups excluding carboxylic acids is 1. The Labute approximate surface area is 155 Å². The summed E-state index contributed by atoms with van der Waals surface area (Å²) in [4.78, 5) is 20.1. The van der Waals surface area contributed by atoms with Crippen LogP contribution in [-0.4, -0.2) is 17.0 Å². The number of aliphatic carboxylic acids is 1. The molecule has 0 saturated heterocycles. The van der Waals surface area contributed by atoms with Gasteiger partial charge in [-0.15, -0.1) is 0 Å². The van der Waals surface area contributed by atoms with Crippen LogP contribution >= 0.6 is 0 Å². The second-order valence-electron chi connectivity index (χ2n) is 7.77. The highest BCUT2D eigenvalue weighted by Crippen LogP contribution is 2.22. The number of unbranched alkanes of at least 4 members (excludes halogenated alkanes) is 9. The summed E-state index contributed by atoms with van der Waals surface area (Å²) in [7, 11) is 0. The van der Waals surface area contributed by atoms with Crippen LogP contribution in [-0.2, 0) is 14.3 Å². The summed E-state index contributed by atoms with van der Waals surface area (Å²) in [6, 6.07) is 0. The van der Waals surface area contributed by atoms with Gasteiger partial charge in [0.05, 0.1) is 6.26 Å². The monoisotopic (exact) mass is 356 g/mol. The minimum absolute atomic E-state index is 0.329. The Hall–Kier alpha value is -1.32. The van der Waals surface area contributed by atoms with Crippen LogP contribution in [0.4, 0.5) is 0 Å². The standard InChI is InChI=1S/C17H34O2.C4H6O2/c1-17(2,3)15-13-11-9-7-5-4-6-8-10-12-14-16(18)19;1-3-6-4(2)5/h4-15H2,1-3H3,(H,18,19);3H,1H2,2H3. The Bertz CT molecular complexity index is 342. The largest absolute Gasteiger partial charge is 0.481 e. The quantitative estimate of drug-likeness (QED) is 0.233. The number of esters is 1. The molecule has 0 spiro atoms. The van der Waals surface area contributed by atoms with Gasteiger partial charge in [-0.3, -0.25) is 9.59 Å². The Morgan fingerprint density at radius 3 is 1.56 bits per heavy atom. The first-order valence-electron chi connectivity index (χ1n) is 9.69. The Balaban J connectivity index is 0. The van der Waals surface area contributed by atoms with E-state index in [9.17, 15) is 9.59 Å². The van der Waals surface area contributed by atoms with E-state index in [4.69, 9.17) is 5.11 Å². The third-order valence-corrected chi connectivity index (χ3v) is 3.82. The summed E-state index contributed by atoms with van der Waals surface area (Å²) in [6.45, 7) is 11.4. The van der Waals surface area contributed by atoms with Crippen molar-refractivity contribution in [1.29, 1.82) is 0 Å². The predicted octanol–water partition coefficient (Wildman–Crippen LogP) is 6.49. The topological polar surface area (TPSA) is 63.6 Å². The summed E-state index contributed by atoms with van der Waals surface area (Å²) in [5.74, 6) is -0.986. The number of ether oxygens (including phenoxy) is 1. The molecule has 0 aromatic carbocycles. The summed E-state index contributed by atoms with van der Waals surface area (Å²) in [6.07, 6.45) is 15.4. The van der Waals surface area contributed by atoms with Gasteiger partial charge in [-0.2, -0.15) is 0 Å². The van der Waals surface area contributed by atoms with Gasteiger partial charge in [-0.1, -0.05) is 85.1 Å². The van der Waals surface area contributed by atoms with Gasteiger partial charge < -0.3 is 9.84 Å². The van der Waals surface area contributed by atoms with Crippen molar-refractivity contribution in [2.24, 2.45) is 5.41 Å². The van der Waals surface area contributed by atoms with Gasteiger partial charge >= 0.3 is 11.9 Å². The van der Waals surface area contributed by atoms with Gasteiger partial charge in [0.2, 0.25) is 0 Å². The Kier molecular flexibility index (Phi) is 18.1. The average Bonchev–Trinajstić information content (AvgIpc) is 2.47. The van der Waals surface area contributed by atoms with Gasteiger partial charge in [-0.25, -0.2) is 0 Å². The zero-order valence-corrected chi connectivity index (χ0v) is 16.9. The zero-order chi connectivity index (χ0) is 19.6. The highest BCUT2D eigenvalue weighted by atomic mass is 16.5. The third kappa shape index (κ3) is 31.0. The first kappa shape index (κ1) is 25.9. The Morgan fingerprint density at radius 2 is 1.28 bits per heavy atom. The third-order valence-electron chi connectivity index (χ3n) is 3.82. The van der Waals surface area contributed by atoms with Crippen molar-refractivity contribution in [2.75, 3.05) is 0 Å². The van der Waals surface area contributed by atoms with Crippen LogP contribution in [0.3, 0.4) is 0 Å². The molecule has 0 aliphatic rings. The molecule has 0 radical (unpaired) electrons. The molecule has 25 heavy (non-hydrogen) atoms. The van der Waals surface area contributed by atoms with Crippen LogP contribution in [0.25, 0.3) is 0 Å². The van der Waals surface area contributed by atoms with Crippen molar-refractivity contribution < 1.29 is 19.4 Å². The normalized spacial score (nSPS) is 10.6. The summed E-state index contributed by atoms with van der Waals surface area (Å²) < 4.78 is 4.17. The van der Waals surface area contributed by atoms with Gasteiger partial charge in [0.15, 0.2) is 0 Å². The Morgan fingerprint density at radius 1 is 0.880 bits per heavy atom. The van der Waals surface area contributed by atoms with E-state index in [0.29, 0.717) is 11.8 Å². The van der Waals surface area contributed by atoms with E-state index in [-0.39, 0.29) is 5.97 Å². The molecule has 0 aromatic rings. The number of hydrogen-bond acceptors (Lipinski definition) is 3. The fourth-order valence-electron chi connectivity index (χ4n) is 2.46. The maximum absolute atomic E-state index is 10.3. The van der Waals surface area contributed by atoms with Crippen molar-refractivity contribution in [3.63, 3.8) is 0 Å². The lowest BCUT2D eigenvalue weighted by Crippen LogP contribution is -2.03. The van der Waals surface area contributed by atoms with Crippen molar-refractivity contribution in [3.05, 3.63) is 12.8 Å². The molecule has 0 amide bonds. The second kappa shape index (κ2) is 17.5. The van der Waals surface area contributed by atoms with Gasteiger partial charge in [-0.05, 0) is 18.3 Å². The van der Waals surface area contributed by atoms with Crippen molar-refractivity contribution in [3.8, 4) is 0 Å². The maximum Gasteiger partial charge on any atom is 0.307 e. The van der Waals surface area contributed by atoms with Crippen LogP contribution in [0.2, 0.25) is 0 Å². The molecule has 1 N–H and O–H groups in total. The molecule has 0 aromatic heterocycles. The van der Waals surface area contributed by atoms with E-state index in [1.165, 1.54) is 64.7 Å². The molecule has 0 heterocycles. The van der Waals surface area contributed by atoms with Crippen LogP contribution in [0, 0.1) is 5.41 Å². The van der Waals surface area contributed by atoms with E-state index in [1.54, 1.807) is 0 Å². The van der Waals surface area contributed by atoms with Crippen molar-refractivity contribution >= 4 is 11.9 Å². The fourth-order valence-corrected chi connectivity index (χ4v) is 2.46. The lowest BCUT2D eigenvalue weighted by Gasteiger charge is -2.17. The van der Waals surface area contributed by atoms with Crippen LogP contribution in [0.1, 0.15) is 105 Å². The molecule has 0 bridgehead atoms. The SMILES string of the molecule is C=COC(C)=O.CC(C)(C)CCCCCCCCCCCCC(=O)O. The maximum atomic E-state index is 10.3.